The molecule has 4 saturated carbocycles. The second kappa shape index (κ2) is 6.24. The first-order valence-corrected chi connectivity index (χ1v) is 11.7. The standard InChI is InChI=1S/C29H26N2/c1-30-22-6-8-23(9-7-22)31-24-10-11-28-26(17-24)25-4-2-3-5-27(25)29(28)20-13-18-12-19(15-20)16-21(29)14-18/h2-11,17-21,31H,12-16H2. The molecule has 0 aromatic heterocycles. The van der Waals surface area contributed by atoms with Gasteiger partial charge in [-0.3, -0.25) is 0 Å². The van der Waals surface area contributed by atoms with Gasteiger partial charge < -0.3 is 5.32 Å². The summed E-state index contributed by atoms with van der Waals surface area (Å²) in [5.74, 6) is 3.57. The summed E-state index contributed by atoms with van der Waals surface area (Å²) in [6.07, 6.45) is 7.19. The lowest BCUT2D eigenvalue weighted by Gasteiger charge is -2.61. The summed E-state index contributed by atoms with van der Waals surface area (Å²) in [6, 6.07) is 24.1. The molecule has 0 aliphatic heterocycles. The Balaban J connectivity index is 1.35. The SMILES string of the molecule is [C-]#[N+]c1ccc(Nc2ccc3c(c2)-c2ccccc2C32C3CC4CC(C3)CC2C4)cc1. The van der Waals surface area contributed by atoms with Crippen molar-refractivity contribution >= 4 is 17.1 Å². The molecule has 0 saturated heterocycles. The van der Waals surface area contributed by atoms with Crippen LogP contribution >= 0.6 is 0 Å². The molecule has 2 nitrogen and oxygen atoms in total. The van der Waals surface area contributed by atoms with Crippen molar-refractivity contribution < 1.29 is 0 Å². The predicted octanol–water partition coefficient (Wildman–Crippen LogP) is 7.70. The van der Waals surface area contributed by atoms with Gasteiger partial charge in [0, 0.05) is 16.8 Å². The van der Waals surface area contributed by atoms with Gasteiger partial charge in [0.15, 0.2) is 5.69 Å². The van der Waals surface area contributed by atoms with E-state index in [0.29, 0.717) is 5.69 Å². The van der Waals surface area contributed by atoms with Crippen LogP contribution in [-0.4, -0.2) is 0 Å². The first-order valence-electron chi connectivity index (χ1n) is 11.7. The normalized spacial score (nSPS) is 31.3. The van der Waals surface area contributed by atoms with Crippen LogP contribution in [0.2, 0.25) is 0 Å². The molecule has 152 valence electrons. The van der Waals surface area contributed by atoms with E-state index >= 15 is 0 Å². The number of benzene rings is 3. The van der Waals surface area contributed by atoms with E-state index in [1.165, 1.54) is 43.2 Å². The van der Waals surface area contributed by atoms with Crippen molar-refractivity contribution in [3.05, 3.63) is 89.3 Å². The fraction of sp³-hybridized carbons (Fsp3) is 0.345. The Morgan fingerprint density at radius 2 is 1.35 bits per heavy atom. The quantitative estimate of drug-likeness (QED) is 0.434. The highest BCUT2D eigenvalue weighted by atomic mass is 14.9. The maximum absolute atomic E-state index is 7.16. The highest BCUT2D eigenvalue weighted by Crippen LogP contribution is 2.69. The molecule has 4 bridgehead atoms. The van der Waals surface area contributed by atoms with E-state index in [2.05, 4.69) is 52.6 Å². The lowest BCUT2D eigenvalue weighted by molar-refractivity contribution is -0.0399. The largest absolute Gasteiger partial charge is 0.356 e. The molecule has 8 rings (SSSR count). The third-order valence-corrected chi connectivity index (χ3v) is 8.84. The molecule has 31 heavy (non-hydrogen) atoms. The summed E-state index contributed by atoms with van der Waals surface area (Å²) in [6.45, 7) is 7.16. The van der Waals surface area contributed by atoms with Crippen LogP contribution in [0, 0.1) is 30.2 Å². The van der Waals surface area contributed by atoms with E-state index < -0.39 is 0 Å². The van der Waals surface area contributed by atoms with Gasteiger partial charge in [-0.15, -0.1) is 0 Å². The Bertz CT molecular complexity index is 1200. The summed E-state index contributed by atoms with van der Waals surface area (Å²) in [4.78, 5) is 3.50. The molecule has 0 amide bonds. The van der Waals surface area contributed by atoms with Gasteiger partial charge in [-0.1, -0.05) is 42.5 Å². The second-order valence-electron chi connectivity index (χ2n) is 10.3. The number of hydrogen-bond acceptors (Lipinski definition) is 1. The summed E-state index contributed by atoms with van der Waals surface area (Å²) >= 11 is 0. The van der Waals surface area contributed by atoms with Crippen LogP contribution in [0.25, 0.3) is 16.0 Å². The predicted molar refractivity (Wildman–Crippen MR) is 126 cm³/mol. The fourth-order valence-electron chi connectivity index (χ4n) is 8.02. The number of fused-ring (bicyclic) bond motifs is 3. The van der Waals surface area contributed by atoms with Crippen molar-refractivity contribution in [1.29, 1.82) is 0 Å². The van der Waals surface area contributed by atoms with Crippen LogP contribution < -0.4 is 5.32 Å². The highest BCUT2D eigenvalue weighted by Gasteiger charge is 2.61. The zero-order valence-electron chi connectivity index (χ0n) is 17.6. The monoisotopic (exact) mass is 402 g/mol. The molecule has 3 aromatic rings. The smallest absolute Gasteiger partial charge is 0.187 e. The van der Waals surface area contributed by atoms with E-state index in [9.17, 15) is 0 Å². The number of nitrogens with zero attached hydrogens (tertiary/aromatic N) is 1. The third-order valence-electron chi connectivity index (χ3n) is 8.84. The van der Waals surface area contributed by atoms with Gasteiger partial charge in [-0.25, -0.2) is 4.85 Å². The second-order valence-corrected chi connectivity index (χ2v) is 10.3. The summed E-state index contributed by atoms with van der Waals surface area (Å²) < 4.78 is 0. The average Bonchev–Trinajstić information content (AvgIpc) is 3.08. The molecule has 4 fully saturated rings. The van der Waals surface area contributed by atoms with Gasteiger partial charge in [0.05, 0.1) is 6.57 Å². The molecule has 1 N–H and O–H groups in total. The lowest BCUT2D eigenvalue weighted by Crippen LogP contribution is -2.55. The van der Waals surface area contributed by atoms with Crippen molar-refractivity contribution in [3.8, 4) is 11.1 Å². The van der Waals surface area contributed by atoms with Crippen molar-refractivity contribution in [1.82, 2.24) is 0 Å². The zero-order valence-corrected chi connectivity index (χ0v) is 17.6. The minimum Gasteiger partial charge on any atom is -0.356 e. The third kappa shape index (κ3) is 2.32. The average molecular weight is 403 g/mol. The molecule has 2 heteroatoms. The van der Waals surface area contributed by atoms with Crippen LogP contribution in [0.5, 0.6) is 0 Å². The Kier molecular flexibility index (Phi) is 3.54. The minimum absolute atomic E-state index is 0.245. The van der Waals surface area contributed by atoms with Crippen LogP contribution in [0.15, 0.2) is 66.7 Å². The number of rotatable bonds is 2. The molecule has 5 aliphatic carbocycles. The summed E-state index contributed by atoms with van der Waals surface area (Å²) in [5, 5.41) is 3.57. The van der Waals surface area contributed by atoms with E-state index in [0.717, 1.165) is 35.0 Å². The van der Waals surface area contributed by atoms with Gasteiger partial charge in [-0.05, 0) is 102 Å². The molecule has 5 aliphatic rings. The molecule has 1 spiro atoms. The van der Waals surface area contributed by atoms with Gasteiger partial charge in [0.1, 0.15) is 0 Å². The van der Waals surface area contributed by atoms with Gasteiger partial charge >= 0.3 is 0 Å². The summed E-state index contributed by atoms with van der Waals surface area (Å²) in [7, 11) is 0. The maximum Gasteiger partial charge on any atom is 0.187 e. The van der Waals surface area contributed by atoms with Crippen molar-refractivity contribution in [2.75, 3.05) is 5.32 Å². The fourth-order valence-corrected chi connectivity index (χ4v) is 8.02. The van der Waals surface area contributed by atoms with Crippen LogP contribution in [0.4, 0.5) is 17.1 Å². The Labute approximate surface area is 184 Å². The topological polar surface area (TPSA) is 16.4 Å². The van der Waals surface area contributed by atoms with Crippen LogP contribution in [-0.2, 0) is 5.41 Å². The van der Waals surface area contributed by atoms with Crippen molar-refractivity contribution in [2.45, 2.75) is 37.5 Å². The first-order chi connectivity index (χ1) is 15.3. The van der Waals surface area contributed by atoms with Crippen LogP contribution in [0.1, 0.15) is 43.2 Å². The Hall–Kier alpha value is -3.05. The van der Waals surface area contributed by atoms with Crippen molar-refractivity contribution in [2.24, 2.45) is 23.7 Å². The van der Waals surface area contributed by atoms with E-state index in [1.807, 2.05) is 24.3 Å². The molecular formula is C29H26N2. The van der Waals surface area contributed by atoms with E-state index in [1.54, 1.807) is 11.1 Å². The molecule has 3 aromatic carbocycles. The number of anilines is 2. The van der Waals surface area contributed by atoms with Crippen LogP contribution in [0.3, 0.4) is 0 Å². The van der Waals surface area contributed by atoms with E-state index in [4.69, 9.17) is 6.57 Å². The number of nitrogens with one attached hydrogen (secondary N) is 1. The molecular weight excluding hydrogens is 376 g/mol. The summed E-state index contributed by atoms with van der Waals surface area (Å²) in [5.41, 5.74) is 9.18. The first kappa shape index (κ1) is 17.6. The van der Waals surface area contributed by atoms with Gasteiger partial charge in [0.25, 0.3) is 0 Å². The Morgan fingerprint density at radius 3 is 2.06 bits per heavy atom. The zero-order chi connectivity index (χ0) is 20.6. The number of hydrogen-bond donors (Lipinski definition) is 1. The molecule has 0 unspecified atom stereocenters. The minimum atomic E-state index is 0.245. The van der Waals surface area contributed by atoms with Gasteiger partial charge in [-0.2, -0.15) is 0 Å². The Morgan fingerprint density at radius 1 is 0.710 bits per heavy atom. The lowest BCUT2D eigenvalue weighted by atomic mass is 9.43. The van der Waals surface area contributed by atoms with E-state index in [-0.39, 0.29) is 5.41 Å². The maximum atomic E-state index is 7.16. The highest BCUT2D eigenvalue weighted by molar-refractivity contribution is 5.84. The van der Waals surface area contributed by atoms with Gasteiger partial charge in [0.2, 0.25) is 0 Å². The molecule has 0 atom stereocenters. The molecule has 0 radical (unpaired) electrons. The van der Waals surface area contributed by atoms with Crippen molar-refractivity contribution in [3.63, 3.8) is 0 Å². The molecule has 0 heterocycles.